The second kappa shape index (κ2) is 6.13. The number of rotatable bonds is 4. The molecule has 0 aliphatic carbocycles. The van der Waals surface area contributed by atoms with E-state index >= 15 is 0 Å². The molecule has 1 N–H and O–H groups in total. The van der Waals surface area contributed by atoms with Crippen molar-refractivity contribution in [3.8, 4) is 0 Å². The largest absolute Gasteiger partial charge is 0.316 e. The maximum Gasteiger partial charge on any atom is 0.0794 e. The lowest BCUT2D eigenvalue weighted by molar-refractivity contribution is 0.560. The van der Waals surface area contributed by atoms with Crippen molar-refractivity contribution in [2.75, 3.05) is 24.3 Å². The van der Waals surface area contributed by atoms with Crippen molar-refractivity contribution in [1.29, 1.82) is 0 Å². The second-order valence-corrected chi connectivity index (χ2v) is 7.02. The number of nitrogens with zero attached hydrogens (tertiary/aromatic N) is 1. The molecule has 2 rings (SSSR count). The van der Waals surface area contributed by atoms with Crippen LogP contribution in [0.15, 0.2) is 11.7 Å². The van der Waals surface area contributed by atoms with Crippen LogP contribution < -0.4 is 5.32 Å². The summed E-state index contributed by atoms with van der Waals surface area (Å²) in [6.07, 6.45) is 3.12. The van der Waals surface area contributed by atoms with Gasteiger partial charge in [-0.1, -0.05) is 0 Å². The van der Waals surface area contributed by atoms with Crippen molar-refractivity contribution in [1.82, 2.24) is 10.3 Å². The van der Waals surface area contributed by atoms with E-state index in [1.165, 1.54) is 22.1 Å². The summed E-state index contributed by atoms with van der Waals surface area (Å²) in [4.78, 5) is 5.53. The molecule has 2 atom stereocenters. The van der Waals surface area contributed by atoms with E-state index < -0.39 is 0 Å². The average molecular weight is 260 g/mol. The van der Waals surface area contributed by atoms with Gasteiger partial charge in [-0.3, -0.25) is 4.98 Å². The third-order valence-electron chi connectivity index (χ3n) is 2.57. The van der Waals surface area contributed by atoms with E-state index in [4.69, 9.17) is 0 Å². The van der Waals surface area contributed by atoms with E-state index in [2.05, 4.69) is 40.9 Å². The Labute approximate surface area is 104 Å². The van der Waals surface area contributed by atoms with Crippen LogP contribution in [0, 0.1) is 0 Å². The molecule has 2 heterocycles. The molecule has 0 amide bonds. The molecular weight excluding hydrogens is 244 g/mol. The van der Waals surface area contributed by atoms with Crippen LogP contribution in [0.25, 0.3) is 0 Å². The molecule has 0 saturated carbocycles. The van der Waals surface area contributed by atoms with Gasteiger partial charge in [0.05, 0.1) is 5.51 Å². The zero-order valence-corrected chi connectivity index (χ0v) is 11.3. The van der Waals surface area contributed by atoms with Gasteiger partial charge in [-0.05, 0) is 13.5 Å². The van der Waals surface area contributed by atoms with E-state index in [0.29, 0.717) is 6.04 Å². The summed E-state index contributed by atoms with van der Waals surface area (Å²) in [7, 11) is 2.07. The highest BCUT2D eigenvalue weighted by Crippen LogP contribution is 2.28. The number of thioether (sulfide) groups is 2. The van der Waals surface area contributed by atoms with Crippen LogP contribution in [-0.2, 0) is 6.42 Å². The zero-order valence-electron chi connectivity index (χ0n) is 8.81. The van der Waals surface area contributed by atoms with Crippen LogP contribution in [-0.4, -0.2) is 40.6 Å². The van der Waals surface area contributed by atoms with Crippen LogP contribution in [0.1, 0.15) is 4.88 Å². The van der Waals surface area contributed by atoms with Gasteiger partial charge in [-0.2, -0.15) is 23.5 Å². The topological polar surface area (TPSA) is 24.9 Å². The number of likely N-dealkylation sites (N-methyl/N-ethyl adjacent to an activating group) is 1. The number of hydrogen-bond donors (Lipinski definition) is 1. The first-order valence-corrected chi connectivity index (χ1v) is 8.22. The molecule has 0 radical (unpaired) electrons. The van der Waals surface area contributed by atoms with Gasteiger partial charge in [0.2, 0.25) is 0 Å². The Kier molecular flexibility index (Phi) is 4.81. The molecule has 0 aromatic carbocycles. The fourth-order valence-electron chi connectivity index (χ4n) is 1.72. The lowest BCUT2D eigenvalue weighted by atomic mass is 10.1. The molecule has 15 heavy (non-hydrogen) atoms. The summed E-state index contributed by atoms with van der Waals surface area (Å²) in [5.74, 6) is 3.91. The highest BCUT2D eigenvalue weighted by molar-refractivity contribution is 8.06. The fraction of sp³-hybridized carbons (Fsp3) is 0.700. The number of aromatic nitrogens is 1. The SMILES string of the molecule is CNC(Cc1cncs1)C1CSCCS1. The molecule has 2 unspecified atom stereocenters. The lowest BCUT2D eigenvalue weighted by Crippen LogP contribution is -2.40. The Morgan fingerprint density at radius 1 is 1.60 bits per heavy atom. The van der Waals surface area contributed by atoms with Gasteiger partial charge in [-0.15, -0.1) is 11.3 Å². The molecule has 1 aromatic heterocycles. The maximum atomic E-state index is 4.13. The lowest BCUT2D eigenvalue weighted by Gasteiger charge is -2.28. The minimum Gasteiger partial charge on any atom is -0.316 e. The second-order valence-electron chi connectivity index (χ2n) is 3.55. The van der Waals surface area contributed by atoms with E-state index in [1.54, 1.807) is 11.3 Å². The molecule has 1 aliphatic heterocycles. The van der Waals surface area contributed by atoms with Crippen molar-refractivity contribution < 1.29 is 0 Å². The van der Waals surface area contributed by atoms with Gasteiger partial charge < -0.3 is 5.32 Å². The average Bonchev–Trinajstić information content (AvgIpc) is 2.80. The van der Waals surface area contributed by atoms with Gasteiger partial charge in [0.1, 0.15) is 0 Å². The van der Waals surface area contributed by atoms with Gasteiger partial charge >= 0.3 is 0 Å². The first kappa shape index (κ1) is 11.8. The summed E-state index contributed by atoms with van der Waals surface area (Å²) in [6.45, 7) is 0. The zero-order chi connectivity index (χ0) is 10.5. The van der Waals surface area contributed by atoms with Crippen LogP contribution in [0.3, 0.4) is 0 Å². The van der Waals surface area contributed by atoms with Crippen molar-refractivity contribution >= 4 is 34.9 Å². The van der Waals surface area contributed by atoms with Crippen LogP contribution in [0.5, 0.6) is 0 Å². The third-order valence-corrected chi connectivity index (χ3v) is 6.29. The van der Waals surface area contributed by atoms with Crippen molar-refractivity contribution in [2.45, 2.75) is 17.7 Å². The van der Waals surface area contributed by atoms with Crippen molar-refractivity contribution in [3.05, 3.63) is 16.6 Å². The quantitative estimate of drug-likeness (QED) is 0.896. The Hall–Kier alpha value is 0.290. The molecule has 1 aliphatic rings. The highest BCUT2D eigenvalue weighted by Gasteiger charge is 2.23. The summed E-state index contributed by atoms with van der Waals surface area (Å²) in [5, 5.41) is 4.21. The molecule has 1 saturated heterocycles. The molecule has 0 bridgehead atoms. The number of nitrogens with one attached hydrogen (secondary N) is 1. The highest BCUT2D eigenvalue weighted by atomic mass is 32.2. The van der Waals surface area contributed by atoms with E-state index in [9.17, 15) is 0 Å². The summed E-state index contributed by atoms with van der Waals surface area (Å²) in [6, 6.07) is 0.600. The van der Waals surface area contributed by atoms with E-state index in [1.807, 2.05) is 11.7 Å². The molecule has 2 nitrogen and oxygen atoms in total. The van der Waals surface area contributed by atoms with E-state index in [-0.39, 0.29) is 0 Å². The third kappa shape index (κ3) is 3.37. The Bertz CT molecular complexity index is 270. The Balaban J connectivity index is 1.91. The number of hydrogen-bond acceptors (Lipinski definition) is 5. The minimum absolute atomic E-state index is 0.600. The number of thiazole rings is 1. The first-order chi connectivity index (χ1) is 7.40. The fourth-order valence-corrected chi connectivity index (χ4v) is 5.30. The molecule has 1 fully saturated rings. The Morgan fingerprint density at radius 2 is 2.53 bits per heavy atom. The Morgan fingerprint density at radius 3 is 3.13 bits per heavy atom. The monoisotopic (exact) mass is 260 g/mol. The first-order valence-electron chi connectivity index (χ1n) is 5.14. The smallest absolute Gasteiger partial charge is 0.0794 e. The van der Waals surface area contributed by atoms with Gasteiger partial charge in [0.15, 0.2) is 0 Å². The van der Waals surface area contributed by atoms with Crippen LogP contribution in [0.2, 0.25) is 0 Å². The van der Waals surface area contributed by atoms with Gasteiger partial charge in [-0.25, -0.2) is 0 Å². The molecular formula is C10H16N2S3. The minimum atomic E-state index is 0.600. The molecule has 84 valence electrons. The van der Waals surface area contributed by atoms with Crippen molar-refractivity contribution in [3.63, 3.8) is 0 Å². The van der Waals surface area contributed by atoms with Crippen molar-refractivity contribution in [2.24, 2.45) is 0 Å². The van der Waals surface area contributed by atoms with Gasteiger partial charge in [0.25, 0.3) is 0 Å². The summed E-state index contributed by atoms with van der Waals surface area (Å²) < 4.78 is 0. The van der Waals surface area contributed by atoms with E-state index in [0.717, 1.165) is 11.7 Å². The van der Waals surface area contributed by atoms with Gasteiger partial charge in [0, 0.05) is 39.6 Å². The standard InChI is InChI=1S/C10H16N2S3/c1-11-9(4-8-5-12-7-15-8)10-6-13-2-3-14-10/h5,7,9-11H,2-4,6H2,1H3. The predicted molar refractivity (Wildman–Crippen MR) is 72.2 cm³/mol. The molecule has 1 aromatic rings. The van der Waals surface area contributed by atoms with Crippen LogP contribution >= 0.6 is 34.9 Å². The molecule has 5 heteroatoms. The summed E-state index contributed by atoms with van der Waals surface area (Å²) in [5.41, 5.74) is 1.92. The summed E-state index contributed by atoms with van der Waals surface area (Å²) >= 11 is 5.97. The molecule has 0 spiro atoms. The predicted octanol–water partition coefficient (Wildman–Crippen LogP) is 2.12. The normalized spacial score (nSPS) is 23.9. The maximum absolute atomic E-state index is 4.13. The van der Waals surface area contributed by atoms with Crippen LogP contribution in [0.4, 0.5) is 0 Å².